The van der Waals surface area contributed by atoms with Crippen molar-refractivity contribution in [1.82, 2.24) is 15.2 Å². The molecule has 1 unspecified atom stereocenters. The quantitative estimate of drug-likeness (QED) is 0.812. The first-order valence-electron chi connectivity index (χ1n) is 9.82. The topological polar surface area (TPSA) is 54.5 Å². The highest BCUT2D eigenvalue weighted by Gasteiger charge is 2.16. The van der Waals surface area contributed by atoms with Crippen molar-refractivity contribution in [3.05, 3.63) is 59.3 Å². The number of aromatic nitrogens is 1. The highest BCUT2D eigenvalue weighted by Crippen LogP contribution is 2.18. The van der Waals surface area contributed by atoms with Gasteiger partial charge < -0.3 is 10.1 Å². The van der Waals surface area contributed by atoms with Crippen LogP contribution < -0.4 is 10.1 Å². The lowest BCUT2D eigenvalue weighted by atomic mass is 9.99. The summed E-state index contributed by atoms with van der Waals surface area (Å²) in [6.45, 7) is 8.55. The Kier molecular flexibility index (Phi) is 6.82. The van der Waals surface area contributed by atoms with Gasteiger partial charge in [0.1, 0.15) is 5.56 Å². The third-order valence-corrected chi connectivity index (χ3v) is 4.92. The van der Waals surface area contributed by atoms with E-state index >= 15 is 0 Å². The Bertz CT molecular complexity index is 745. The molecular formula is C22H29N3O2. The molecule has 1 aliphatic heterocycles. The van der Waals surface area contributed by atoms with E-state index in [0.29, 0.717) is 24.6 Å². The third-order valence-electron chi connectivity index (χ3n) is 4.92. The number of hydrogen-bond acceptors (Lipinski definition) is 4. The molecule has 1 aromatic heterocycles. The average Bonchev–Trinajstić information content (AvgIpc) is 2.68. The fourth-order valence-electron chi connectivity index (χ4n) is 3.54. The van der Waals surface area contributed by atoms with Gasteiger partial charge in [0.2, 0.25) is 5.88 Å². The lowest BCUT2D eigenvalue weighted by Gasteiger charge is -2.30. The Morgan fingerprint density at radius 2 is 2.04 bits per heavy atom. The van der Waals surface area contributed by atoms with E-state index in [1.54, 1.807) is 18.3 Å². The first kappa shape index (κ1) is 19.4. The Hall–Kier alpha value is -2.40. The van der Waals surface area contributed by atoms with Crippen molar-refractivity contribution in [2.75, 3.05) is 19.7 Å². The number of pyridine rings is 1. The highest BCUT2D eigenvalue weighted by atomic mass is 16.5. The Morgan fingerprint density at radius 1 is 1.26 bits per heavy atom. The number of carbonyl (C=O) groups is 1. The van der Waals surface area contributed by atoms with Gasteiger partial charge >= 0.3 is 0 Å². The first-order chi connectivity index (χ1) is 13.2. The summed E-state index contributed by atoms with van der Waals surface area (Å²) >= 11 is 0. The van der Waals surface area contributed by atoms with E-state index in [9.17, 15) is 4.79 Å². The molecule has 5 heteroatoms. The van der Waals surface area contributed by atoms with Crippen LogP contribution in [0, 0.1) is 5.92 Å². The van der Waals surface area contributed by atoms with Crippen molar-refractivity contribution in [3.63, 3.8) is 0 Å². The van der Waals surface area contributed by atoms with E-state index < -0.39 is 0 Å². The lowest BCUT2D eigenvalue weighted by Crippen LogP contribution is -2.33. The zero-order valence-electron chi connectivity index (χ0n) is 16.3. The number of carbonyl (C=O) groups excluding carboxylic acids is 1. The van der Waals surface area contributed by atoms with Crippen molar-refractivity contribution >= 4 is 5.91 Å². The molecule has 0 radical (unpaired) electrons. The van der Waals surface area contributed by atoms with Crippen LogP contribution in [-0.4, -0.2) is 35.5 Å². The monoisotopic (exact) mass is 367 g/mol. The number of amides is 1. The van der Waals surface area contributed by atoms with Crippen LogP contribution in [0.3, 0.4) is 0 Å². The van der Waals surface area contributed by atoms with Gasteiger partial charge in [0, 0.05) is 25.8 Å². The molecule has 0 bridgehead atoms. The molecule has 0 aliphatic carbocycles. The van der Waals surface area contributed by atoms with Crippen molar-refractivity contribution in [2.24, 2.45) is 5.92 Å². The molecule has 1 aromatic carbocycles. The maximum atomic E-state index is 12.4. The van der Waals surface area contributed by atoms with Gasteiger partial charge in [-0.2, -0.15) is 0 Å². The number of piperidine rings is 1. The van der Waals surface area contributed by atoms with Gasteiger partial charge in [-0.05, 0) is 55.5 Å². The molecule has 3 rings (SSSR count). The zero-order chi connectivity index (χ0) is 19.1. The summed E-state index contributed by atoms with van der Waals surface area (Å²) in [5, 5.41) is 2.95. The standard InChI is InChI=1S/C22H29N3O2/c1-3-27-22-20(7-4-12-23-22)21(26)24-14-18-8-10-19(11-9-18)16-25-13-5-6-17(2)15-25/h4,7-12,17H,3,5-6,13-16H2,1-2H3,(H,24,26). The minimum Gasteiger partial charge on any atom is -0.477 e. The Balaban J connectivity index is 1.53. The number of likely N-dealkylation sites (tertiary alicyclic amines) is 1. The summed E-state index contributed by atoms with van der Waals surface area (Å²) in [6.07, 6.45) is 4.27. The molecule has 27 heavy (non-hydrogen) atoms. The summed E-state index contributed by atoms with van der Waals surface area (Å²) in [6, 6.07) is 12.0. The van der Waals surface area contributed by atoms with Crippen LogP contribution in [0.5, 0.6) is 5.88 Å². The number of hydrogen-bond donors (Lipinski definition) is 1. The molecular weight excluding hydrogens is 338 g/mol. The van der Waals surface area contributed by atoms with Gasteiger partial charge in [-0.3, -0.25) is 9.69 Å². The second-order valence-corrected chi connectivity index (χ2v) is 7.27. The minimum atomic E-state index is -0.169. The second kappa shape index (κ2) is 9.51. The number of nitrogens with one attached hydrogen (secondary N) is 1. The molecule has 1 amide bonds. The average molecular weight is 367 g/mol. The Morgan fingerprint density at radius 3 is 2.78 bits per heavy atom. The zero-order valence-corrected chi connectivity index (χ0v) is 16.3. The largest absolute Gasteiger partial charge is 0.477 e. The number of benzene rings is 1. The van der Waals surface area contributed by atoms with Gasteiger partial charge in [0.05, 0.1) is 6.61 Å². The molecule has 1 N–H and O–H groups in total. The second-order valence-electron chi connectivity index (χ2n) is 7.27. The van der Waals surface area contributed by atoms with E-state index in [4.69, 9.17) is 4.74 Å². The molecule has 0 saturated carbocycles. The van der Waals surface area contributed by atoms with Crippen molar-refractivity contribution in [2.45, 2.75) is 39.8 Å². The smallest absolute Gasteiger partial charge is 0.257 e. The molecule has 1 aliphatic rings. The van der Waals surface area contributed by atoms with Gasteiger partial charge in [0.25, 0.3) is 5.91 Å². The predicted molar refractivity (Wildman–Crippen MR) is 107 cm³/mol. The van der Waals surface area contributed by atoms with Gasteiger partial charge in [-0.1, -0.05) is 31.2 Å². The summed E-state index contributed by atoms with van der Waals surface area (Å²) in [7, 11) is 0. The van der Waals surface area contributed by atoms with Crippen LogP contribution >= 0.6 is 0 Å². The van der Waals surface area contributed by atoms with Crippen LogP contribution in [0.4, 0.5) is 0 Å². The summed E-state index contributed by atoms with van der Waals surface area (Å²) < 4.78 is 5.43. The van der Waals surface area contributed by atoms with Gasteiger partial charge in [0.15, 0.2) is 0 Å². The normalized spacial score (nSPS) is 17.5. The van der Waals surface area contributed by atoms with Crippen molar-refractivity contribution in [3.8, 4) is 5.88 Å². The van der Waals surface area contributed by atoms with E-state index in [1.807, 2.05) is 6.92 Å². The molecule has 2 aromatic rings. The van der Waals surface area contributed by atoms with E-state index in [2.05, 4.69) is 46.4 Å². The van der Waals surface area contributed by atoms with E-state index in [1.165, 1.54) is 31.5 Å². The first-order valence-corrected chi connectivity index (χ1v) is 9.82. The van der Waals surface area contributed by atoms with Crippen LogP contribution in [-0.2, 0) is 13.1 Å². The molecule has 2 heterocycles. The highest BCUT2D eigenvalue weighted by molar-refractivity contribution is 5.96. The number of ether oxygens (including phenoxy) is 1. The van der Waals surface area contributed by atoms with E-state index in [-0.39, 0.29) is 5.91 Å². The molecule has 1 saturated heterocycles. The molecule has 144 valence electrons. The van der Waals surface area contributed by atoms with E-state index in [0.717, 1.165) is 18.0 Å². The Labute approximate surface area is 161 Å². The van der Waals surface area contributed by atoms with Crippen LogP contribution in [0.25, 0.3) is 0 Å². The summed E-state index contributed by atoms with van der Waals surface area (Å²) in [5.74, 6) is 1.00. The van der Waals surface area contributed by atoms with Gasteiger partial charge in [-0.25, -0.2) is 4.98 Å². The molecule has 1 fully saturated rings. The summed E-state index contributed by atoms with van der Waals surface area (Å²) in [5.41, 5.74) is 2.88. The van der Waals surface area contributed by atoms with Crippen molar-refractivity contribution < 1.29 is 9.53 Å². The number of rotatable bonds is 7. The maximum Gasteiger partial charge on any atom is 0.257 e. The fraction of sp³-hybridized carbons (Fsp3) is 0.455. The third kappa shape index (κ3) is 5.54. The van der Waals surface area contributed by atoms with Gasteiger partial charge in [-0.15, -0.1) is 0 Å². The fourth-order valence-corrected chi connectivity index (χ4v) is 3.54. The lowest BCUT2D eigenvalue weighted by molar-refractivity contribution is 0.0946. The molecule has 0 spiro atoms. The number of nitrogens with zero attached hydrogens (tertiary/aromatic N) is 2. The predicted octanol–water partition coefficient (Wildman–Crippen LogP) is 3.64. The summed E-state index contributed by atoms with van der Waals surface area (Å²) in [4.78, 5) is 19.1. The van der Waals surface area contributed by atoms with Crippen molar-refractivity contribution in [1.29, 1.82) is 0 Å². The van der Waals surface area contributed by atoms with Crippen LogP contribution in [0.15, 0.2) is 42.6 Å². The van der Waals surface area contributed by atoms with Crippen LogP contribution in [0.1, 0.15) is 48.2 Å². The SMILES string of the molecule is CCOc1ncccc1C(=O)NCc1ccc(CN2CCCC(C)C2)cc1. The molecule has 1 atom stereocenters. The minimum absolute atomic E-state index is 0.169. The molecule has 5 nitrogen and oxygen atoms in total. The van der Waals surface area contributed by atoms with Crippen LogP contribution in [0.2, 0.25) is 0 Å². The maximum absolute atomic E-state index is 12.4.